The van der Waals surface area contributed by atoms with E-state index in [1.54, 1.807) is 0 Å². The topological polar surface area (TPSA) is 0 Å². The molecule has 8 aromatic carbocycles. The van der Waals surface area contributed by atoms with Crippen molar-refractivity contribution in [3.05, 3.63) is 120 Å². The van der Waals surface area contributed by atoms with Crippen molar-refractivity contribution in [2.45, 2.75) is 39.0 Å². The molecule has 1 aliphatic carbocycles. The van der Waals surface area contributed by atoms with Gasteiger partial charge in [0.05, 0.1) is 0 Å². The zero-order valence-electron chi connectivity index (χ0n) is 23.2. The van der Waals surface area contributed by atoms with E-state index in [1.165, 1.54) is 92.5 Å². The predicted molar refractivity (Wildman–Crippen MR) is 175 cm³/mol. The van der Waals surface area contributed by atoms with Crippen LogP contribution in [0, 0.1) is 0 Å². The summed E-state index contributed by atoms with van der Waals surface area (Å²) in [7, 11) is 0. The molecule has 0 nitrogen and oxygen atoms in total. The highest BCUT2D eigenvalue weighted by atomic mass is 14.3. The van der Waals surface area contributed by atoms with E-state index in [9.17, 15) is 0 Å². The van der Waals surface area contributed by atoms with E-state index >= 15 is 0 Å². The van der Waals surface area contributed by atoms with Gasteiger partial charge in [0.1, 0.15) is 0 Å². The summed E-state index contributed by atoms with van der Waals surface area (Å²) < 4.78 is 0. The molecule has 0 bridgehead atoms. The molecule has 1 aliphatic rings. The third-order valence-electron chi connectivity index (χ3n) is 9.63. The van der Waals surface area contributed by atoms with Gasteiger partial charge in [0.25, 0.3) is 0 Å². The molecule has 0 aliphatic heterocycles. The Bertz CT molecular complexity index is 2300. The Labute approximate surface area is 234 Å². The van der Waals surface area contributed by atoms with Gasteiger partial charge in [0.15, 0.2) is 0 Å². The zero-order chi connectivity index (χ0) is 26.7. The third-order valence-corrected chi connectivity index (χ3v) is 9.63. The van der Waals surface area contributed by atoms with Crippen LogP contribution >= 0.6 is 0 Å². The highest BCUT2D eigenvalue weighted by molar-refractivity contribution is 6.27. The maximum atomic E-state index is 2.41. The van der Waals surface area contributed by atoms with Gasteiger partial charge < -0.3 is 0 Å². The molecule has 0 amide bonds. The molecule has 0 unspecified atom stereocenters. The quantitative estimate of drug-likeness (QED) is 0.203. The summed E-state index contributed by atoms with van der Waals surface area (Å²) >= 11 is 0. The van der Waals surface area contributed by atoms with Gasteiger partial charge in [0, 0.05) is 0 Å². The van der Waals surface area contributed by atoms with Gasteiger partial charge in [-0.15, -0.1) is 0 Å². The molecule has 0 heterocycles. The fourth-order valence-corrected chi connectivity index (χ4v) is 7.48. The fourth-order valence-electron chi connectivity index (χ4n) is 7.48. The number of rotatable bonds is 2. The maximum Gasteiger partial charge on any atom is -0.00207 e. The summed E-state index contributed by atoms with van der Waals surface area (Å²) in [5.74, 6) is 0. The van der Waals surface area contributed by atoms with E-state index in [0.717, 1.165) is 12.8 Å². The average molecular weight is 511 g/mol. The lowest BCUT2D eigenvalue weighted by Gasteiger charge is -2.28. The van der Waals surface area contributed by atoms with Crippen LogP contribution in [0.15, 0.2) is 103 Å². The Morgan fingerprint density at radius 1 is 0.425 bits per heavy atom. The summed E-state index contributed by atoms with van der Waals surface area (Å²) in [4.78, 5) is 0. The van der Waals surface area contributed by atoms with Crippen molar-refractivity contribution in [2.24, 2.45) is 0 Å². The van der Waals surface area contributed by atoms with Gasteiger partial charge in [-0.05, 0) is 111 Å². The van der Waals surface area contributed by atoms with Crippen molar-refractivity contribution in [1.29, 1.82) is 0 Å². The van der Waals surface area contributed by atoms with Crippen molar-refractivity contribution in [3.8, 4) is 0 Å². The van der Waals surface area contributed by atoms with Crippen molar-refractivity contribution >= 4 is 75.8 Å². The molecule has 0 saturated heterocycles. The second-order valence-corrected chi connectivity index (χ2v) is 12.9. The van der Waals surface area contributed by atoms with Crippen molar-refractivity contribution in [1.82, 2.24) is 0 Å². The van der Waals surface area contributed by atoms with E-state index in [1.807, 2.05) is 0 Å². The molecule has 0 N–H and O–H groups in total. The van der Waals surface area contributed by atoms with Crippen LogP contribution in [-0.4, -0.2) is 0 Å². The standard InChI is InChI=1S/C40H30/c1-40(2,3)29-21-27-10-9-26-12-16-33(35-18-14-28(22-29)37(27)39(26)35)31-20-19-30(31)32-15-11-25-8-7-23-5-4-6-24-13-17-34(32)38(25)36(23)24/h4-18,21-22H,19-20H2,1-3H3. The lowest BCUT2D eigenvalue weighted by atomic mass is 9.76. The van der Waals surface area contributed by atoms with Crippen LogP contribution in [0.1, 0.15) is 50.3 Å². The number of benzene rings is 8. The van der Waals surface area contributed by atoms with Gasteiger partial charge in [-0.1, -0.05) is 124 Å². The lowest BCUT2D eigenvalue weighted by Crippen LogP contribution is -2.10. The molecule has 0 fully saturated rings. The summed E-state index contributed by atoms with van der Waals surface area (Å²) in [6, 6.07) is 39.5. The van der Waals surface area contributed by atoms with Crippen LogP contribution in [-0.2, 0) is 5.41 Å². The minimum atomic E-state index is 0.127. The molecular weight excluding hydrogens is 480 g/mol. The first kappa shape index (κ1) is 22.4. The van der Waals surface area contributed by atoms with E-state index in [0.29, 0.717) is 0 Å². The van der Waals surface area contributed by atoms with Crippen LogP contribution < -0.4 is 0 Å². The number of allylic oxidation sites excluding steroid dienone is 2. The van der Waals surface area contributed by atoms with Crippen LogP contribution in [0.25, 0.3) is 75.8 Å². The van der Waals surface area contributed by atoms with Crippen LogP contribution in [0.5, 0.6) is 0 Å². The first-order valence-corrected chi connectivity index (χ1v) is 14.6. The van der Waals surface area contributed by atoms with Crippen molar-refractivity contribution in [2.75, 3.05) is 0 Å². The molecule has 0 atom stereocenters. The van der Waals surface area contributed by atoms with E-state index in [4.69, 9.17) is 0 Å². The monoisotopic (exact) mass is 510 g/mol. The lowest BCUT2D eigenvalue weighted by molar-refractivity contribution is 0.591. The number of hydrogen-bond donors (Lipinski definition) is 0. The van der Waals surface area contributed by atoms with E-state index in [-0.39, 0.29) is 5.41 Å². The molecule has 40 heavy (non-hydrogen) atoms. The van der Waals surface area contributed by atoms with Gasteiger partial charge >= 0.3 is 0 Å². The minimum Gasteiger partial charge on any atom is -0.0610 e. The number of hydrogen-bond acceptors (Lipinski definition) is 0. The Balaban J connectivity index is 1.31. The van der Waals surface area contributed by atoms with E-state index < -0.39 is 0 Å². The summed E-state index contributed by atoms with van der Waals surface area (Å²) in [6.07, 6.45) is 2.27. The molecule has 0 saturated carbocycles. The van der Waals surface area contributed by atoms with Gasteiger partial charge in [0.2, 0.25) is 0 Å². The minimum absolute atomic E-state index is 0.127. The summed E-state index contributed by atoms with van der Waals surface area (Å²) in [5.41, 5.74) is 7.38. The third kappa shape index (κ3) is 2.91. The highest BCUT2D eigenvalue weighted by Crippen LogP contribution is 2.49. The largest absolute Gasteiger partial charge is 0.0610 e. The Hall–Kier alpha value is -4.42. The second-order valence-electron chi connectivity index (χ2n) is 12.9. The zero-order valence-corrected chi connectivity index (χ0v) is 23.2. The average Bonchev–Trinajstić information content (AvgIpc) is 2.95. The first-order valence-electron chi connectivity index (χ1n) is 14.6. The highest BCUT2D eigenvalue weighted by Gasteiger charge is 2.25. The molecule has 9 rings (SSSR count). The van der Waals surface area contributed by atoms with Gasteiger partial charge in [-0.3, -0.25) is 0 Å². The maximum absolute atomic E-state index is 2.41. The molecule has 190 valence electrons. The molecule has 8 aromatic rings. The van der Waals surface area contributed by atoms with Gasteiger partial charge in [-0.25, -0.2) is 0 Å². The van der Waals surface area contributed by atoms with Crippen LogP contribution in [0.2, 0.25) is 0 Å². The smallest absolute Gasteiger partial charge is 0.00207 e. The van der Waals surface area contributed by atoms with Crippen molar-refractivity contribution in [3.63, 3.8) is 0 Å². The van der Waals surface area contributed by atoms with E-state index in [2.05, 4.69) is 124 Å². The summed E-state index contributed by atoms with van der Waals surface area (Å²) in [5, 5.41) is 16.5. The fraction of sp³-hybridized carbons (Fsp3) is 0.150. The SMILES string of the molecule is CC(C)(C)c1cc2ccc3ccc(C4=C(c5ccc6ccc7cccc8ccc5c6c78)CC4)c4ccc(c1)c2c34. The second kappa shape index (κ2) is 7.61. The molecule has 0 radical (unpaired) electrons. The Morgan fingerprint density at radius 2 is 0.825 bits per heavy atom. The Morgan fingerprint density at radius 3 is 1.32 bits per heavy atom. The van der Waals surface area contributed by atoms with Crippen LogP contribution in [0.3, 0.4) is 0 Å². The normalized spacial score (nSPS) is 14.6. The first-order chi connectivity index (χ1) is 19.5. The van der Waals surface area contributed by atoms with Crippen LogP contribution in [0.4, 0.5) is 0 Å². The van der Waals surface area contributed by atoms with Gasteiger partial charge in [-0.2, -0.15) is 0 Å². The molecule has 0 spiro atoms. The summed E-state index contributed by atoms with van der Waals surface area (Å²) in [6.45, 7) is 6.92. The molecule has 0 aromatic heterocycles. The molecule has 0 heteroatoms. The molecular formula is C40H30. The Kier molecular flexibility index (Phi) is 4.26. The van der Waals surface area contributed by atoms with Crippen molar-refractivity contribution < 1.29 is 0 Å². The predicted octanol–water partition coefficient (Wildman–Crippen LogP) is 11.5.